The largest absolute Gasteiger partial charge is 0.737 e. The van der Waals surface area contributed by atoms with Gasteiger partial charge in [-0.3, -0.25) is 0 Å². The van der Waals surface area contributed by atoms with Gasteiger partial charge in [0.15, 0.2) is 5.70 Å². The predicted octanol–water partition coefficient (Wildman–Crippen LogP) is 6.31. The van der Waals surface area contributed by atoms with E-state index >= 15 is 8.63 Å². The molecule has 0 bridgehead atoms. The number of hydrogen-bond donors (Lipinski definition) is 0. The first-order valence-electron chi connectivity index (χ1n) is 10.2. The monoisotopic (exact) mass is 400 g/mol. The molecule has 0 spiro atoms. The lowest BCUT2D eigenvalue weighted by atomic mass is 9.88. The molecule has 0 saturated heterocycles. The summed E-state index contributed by atoms with van der Waals surface area (Å²) in [6, 6.07) is 19.7. The van der Waals surface area contributed by atoms with E-state index in [1.807, 2.05) is 80.6 Å². The molecule has 2 nitrogen and oxygen atoms in total. The van der Waals surface area contributed by atoms with Crippen molar-refractivity contribution in [3.8, 4) is 11.1 Å². The first-order valence-corrected chi connectivity index (χ1v) is 10.2. The summed E-state index contributed by atoms with van der Waals surface area (Å²) in [5, 5.41) is 0. The molecule has 0 unspecified atom stereocenters. The molecule has 0 atom stereocenters. The molecule has 3 aromatic rings. The van der Waals surface area contributed by atoms with Crippen LogP contribution in [0.2, 0.25) is 0 Å². The van der Waals surface area contributed by atoms with E-state index < -0.39 is 6.97 Å². The second-order valence-corrected chi connectivity index (χ2v) is 8.15. The van der Waals surface area contributed by atoms with Gasteiger partial charge in [-0.1, -0.05) is 60.7 Å². The summed E-state index contributed by atoms with van der Waals surface area (Å²) in [4.78, 5) is 0. The van der Waals surface area contributed by atoms with Gasteiger partial charge in [-0.05, 0) is 43.2 Å². The Morgan fingerprint density at radius 3 is 1.97 bits per heavy atom. The zero-order valence-electron chi connectivity index (χ0n) is 17.6. The third-order valence-electron chi connectivity index (χ3n) is 6.61. The number of aromatic nitrogens is 1. The molecular weight excluding hydrogens is 377 g/mol. The minimum Gasteiger partial charge on any atom is -0.393 e. The molecule has 150 valence electrons. The topological polar surface area (TPSA) is 7.94 Å². The van der Waals surface area contributed by atoms with E-state index in [2.05, 4.69) is 0 Å². The lowest BCUT2D eigenvalue weighted by Crippen LogP contribution is -2.50. The molecule has 5 rings (SSSR count). The average molecular weight is 400 g/mol. The maximum atomic E-state index is 16.1. The van der Waals surface area contributed by atoms with Crippen LogP contribution in [0.4, 0.5) is 8.63 Å². The fourth-order valence-electron chi connectivity index (χ4n) is 4.98. The van der Waals surface area contributed by atoms with Crippen molar-refractivity contribution in [3.05, 3.63) is 94.4 Å². The van der Waals surface area contributed by atoms with Crippen molar-refractivity contribution in [2.45, 2.75) is 27.7 Å². The van der Waals surface area contributed by atoms with E-state index in [-0.39, 0.29) is 0 Å². The second-order valence-electron chi connectivity index (χ2n) is 8.15. The van der Waals surface area contributed by atoms with Gasteiger partial charge in [-0.2, -0.15) is 0 Å². The number of nitrogens with zero attached hydrogens (tertiary/aromatic N) is 2. The van der Waals surface area contributed by atoms with Crippen molar-refractivity contribution in [1.29, 1.82) is 0 Å². The van der Waals surface area contributed by atoms with E-state index in [1.54, 1.807) is 13.8 Å². The first-order chi connectivity index (χ1) is 14.3. The van der Waals surface area contributed by atoms with Crippen LogP contribution in [0.1, 0.15) is 36.4 Å². The molecule has 0 aliphatic carbocycles. The predicted molar refractivity (Wildman–Crippen MR) is 121 cm³/mol. The minimum atomic E-state index is -4.01. The fourth-order valence-corrected chi connectivity index (χ4v) is 4.98. The zero-order chi connectivity index (χ0) is 21.2. The Morgan fingerprint density at radius 1 is 0.800 bits per heavy atom. The quantitative estimate of drug-likeness (QED) is 0.446. The molecular formula is C25H23BF2N2. The summed E-state index contributed by atoms with van der Waals surface area (Å²) in [5.74, 6) is 0. The van der Waals surface area contributed by atoms with Gasteiger partial charge in [0, 0.05) is 29.8 Å². The van der Waals surface area contributed by atoms with Crippen molar-refractivity contribution >= 4 is 24.3 Å². The molecule has 2 aliphatic rings. The Kier molecular flexibility index (Phi) is 4.01. The van der Waals surface area contributed by atoms with Crippen LogP contribution in [0.3, 0.4) is 0 Å². The third kappa shape index (κ3) is 2.38. The Bertz CT molecular complexity index is 1280. The molecule has 0 fully saturated rings. The Hall–Kier alpha value is -3.21. The van der Waals surface area contributed by atoms with Crippen LogP contribution in [-0.4, -0.2) is 21.6 Å². The smallest absolute Gasteiger partial charge is 0.393 e. The number of allylic oxidation sites excluding steroid dienone is 2. The Labute approximate surface area is 175 Å². The van der Waals surface area contributed by atoms with Crippen molar-refractivity contribution in [1.82, 2.24) is 4.48 Å². The molecule has 0 amide bonds. The van der Waals surface area contributed by atoms with Crippen LogP contribution in [0.25, 0.3) is 22.8 Å². The SMILES string of the molecule is CC1=C(c2ccccc2)C2=Cc3c(-c4ccccc4)c(C)c(C)n3[B-](F)(F)[N+]2=C1C. The van der Waals surface area contributed by atoms with Gasteiger partial charge in [-0.25, -0.2) is 0 Å². The number of rotatable bonds is 2. The lowest BCUT2D eigenvalue weighted by molar-refractivity contribution is -0.359. The van der Waals surface area contributed by atoms with Gasteiger partial charge >= 0.3 is 6.97 Å². The highest BCUT2D eigenvalue weighted by Gasteiger charge is 2.55. The van der Waals surface area contributed by atoms with Crippen LogP contribution in [0.15, 0.2) is 71.9 Å². The standard InChI is InChI=1S/C25H23BF2N2/c1-16-18(3)29-22(24(16)20-11-7-5-8-12-20)15-23-25(21-13-9-6-10-14-21)17(2)19(4)30(23)26(29,27)28/h5-15H,1-4H3. The van der Waals surface area contributed by atoms with Crippen LogP contribution in [-0.2, 0) is 0 Å². The van der Waals surface area contributed by atoms with Crippen molar-refractivity contribution in [3.63, 3.8) is 0 Å². The van der Waals surface area contributed by atoms with Crippen LogP contribution in [0, 0.1) is 13.8 Å². The number of halogens is 2. The number of fused-ring (bicyclic) bond motifs is 2. The zero-order valence-corrected chi connectivity index (χ0v) is 17.6. The molecule has 3 heterocycles. The third-order valence-corrected chi connectivity index (χ3v) is 6.61. The molecule has 30 heavy (non-hydrogen) atoms. The van der Waals surface area contributed by atoms with Gasteiger partial charge in [0.25, 0.3) is 0 Å². The van der Waals surface area contributed by atoms with E-state index in [4.69, 9.17) is 0 Å². The van der Waals surface area contributed by atoms with E-state index in [0.717, 1.165) is 33.4 Å². The molecule has 0 N–H and O–H groups in total. The summed E-state index contributed by atoms with van der Waals surface area (Å²) in [5.41, 5.74) is 7.89. The van der Waals surface area contributed by atoms with Crippen molar-refractivity contribution in [2.24, 2.45) is 0 Å². The van der Waals surface area contributed by atoms with Gasteiger partial charge < -0.3 is 17.6 Å². The van der Waals surface area contributed by atoms with Crippen LogP contribution in [0.5, 0.6) is 0 Å². The van der Waals surface area contributed by atoms with Gasteiger partial charge in [-0.15, -0.1) is 0 Å². The summed E-state index contributed by atoms with van der Waals surface area (Å²) < 4.78 is 34.7. The highest BCUT2D eigenvalue weighted by Crippen LogP contribution is 2.45. The molecule has 2 aromatic carbocycles. The summed E-state index contributed by atoms with van der Waals surface area (Å²) in [6.07, 6.45) is 1.95. The Balaban J connectivity index is 1.85. The molecule has 0 radical (unpaired) electrons. The maximum absolute atomic E-state index is 16.1. The van der Waals surface area contributed by atoms with Crippen molar-refractivity contribution in [2.75, 3.05) is 0 Å². The van der Waals surface area contributed by atoms with Gasteiger partial charge in [0.1, 0.15) is 5.71 Å². The highest BCUT2D eigenvalue weighted by molar-refractivity contribution is 6.58. The van der Waals surface area contributed by atoms with Crippen molar-refractivity contribution < 1.29 is 13.1 Å². The average Bonchev–Trinajstić information content (AvgIpc) is 3.14. The van der Waals surface area contributed by atoms with Gasteiger partial charge in [0.05, 0.1) is 5.57 Å². The number of hydrogen-bond acceptors (Lipinski definition) is 0. The highest BCUT2D eigenvalue weighted by atomic mass is 19.2. The van der Waals surface area contributed by atoms with E-state index in [9.17, 15) is 0 Å². The summed E-state index contributed by atoms with van der Waals surface area (Å²) >= 11 is 0. The molecule has 2 aliphatic heterocycles. The fraction of sp³-hybridized carbons (Fsp3) is 0.160. The first kappa shape index (κ1) is 18.8. The summed E-state index contributed by atoms with van der Waals surface area (Å²) in [7, 11) is 0. The van der Waals surface area contributed by atoms with E-state index in [1.165, 1.54) is 8.96 Å². The lowest BCUT2D eigenvalue weighted by Gasteiger charge is -2.31. The molecule has 0 saturated carbocycles. The Morgan fingerprint density at radius 2 is 1.37 bits per heavy atom. The van der Waals surface area contributed by atoms with E-state index in [0.29, 0.717) is 22.8 Å². The van der Waals surface area contributed by atoms with Gasteiger partial charge in [0.2, 0.25) is 0 Å². The number of benzene rings is 2. The maximum Gasteiger partial charge on any atom is 0.737 e. The van der Waals surface area contributed by atoms with Crippen LogP contribution < -0.4 is 0 Å². The van der Waals surface area contributed by atoms with Crippen LogP contribution >= 0.6 is 0 Å². The molecule has 1 aromatic heterocycles. The molecule has 5 heteroatoms. The second kappa shape index (κ2) is 6.40. The normalized spacial score (nSPS) is 17.2. The minimum absolute atomic E-state index is 0.586. The summed E-state index contributed by atoms with van der Waals surface area (Å²) in [6.45, 7) is 3.46.